The molecule has 21 heavy (non-hydrogen) atoms. The van der Waals surface area contributed by atoms with Crippen LogP contribution >= 0.6 is 35.0 Å². The maximum absolute atomic E-state index is 13.0. The average molecular weight is 344 g/mol. The molecule has 0 spiro atoms. The molecular weight excluding hydrogens is 332 g/mol. The van der Waals surface area contributed by atoms with E-state index >= 15 is 0 Å². The van der Waals surface area contributed by atoms with Gasteiger partial charge in [0.15, 0.2) is 0 Å². The molecule has 0 radical (unpaired) electrons. The Bertz CT molecular complexity index is 679. The SMILES string of the molecule is Cc1ccc(NC(=O)CSc2ccc(F)c(Cl)c2)c(Cl)c1. The second kappa shape index (κ2) is 7.16. The monoisotopic (exact) mass is 343 g/mol. The van der Waals surface area contributed by atoms with Crippen LogP contribution in [0, 0.1) is 12.7 Å². The summed E-state index contributed by atoms with van der Waals surface area (Å²) in [6.07, 6.45) is 0. The van der Waals surface area contributed by atoms with Crippen LogP contribution in [0.5, 0.6) is 0 Å². The third-order valence-electron chi connectivity index (χ3n) is 2.66. The molecule has 1 amide bonds. The third kappa shape index (κ3) is 4.63. The first-order valence-electron chi connectivity index (χ1n) is 6.09. The molecule has 2 nitrogen and oxygen atoms in total. The minimum atomic E-state index is -0.475. The number of halogens is 3. The number of amides is 1. The van der Waals surface area contributed by atoms with Crippen LogP contribution in [0.25, 0.3) is 0 Å². The lowest BCUT2D eigenvalue weighted by atomic mass is 10.2. The Morgan fingerprint density at radius 2 is 1.95 bits per heavy atom. The van der Waals surface area contributed by atoms with Crippen molar-refractivity contribution in [1.82, 2.24) is 0 Å². The molecule has 2 aromatic carbocycles. The van der Waals surface area contributed by atoms with Crippen molar-refractivity contribution >= 4 is 46.6 Å². The summed E-state index contributed by atoms with van der Waals surface area (Å²) in [7, 11) is 0. The second-order valence-electron chi connectivity index (χ2n) is 4.40. The van der Waals surface area contributed by atoms with Crippen molar-refractivity contribution < 1.29 is 9.18 Å². The molecule has 110 valence electrons. The highest BCUT2D eigenvalue weighted by molar-refractivity contribution is 8.00. The smallest absolute Gasteiger partial charge is 0.234 e. The zero-order chi connectivity index (χ0) is 15.4. The van der Waals surface area contributed by atoms with Crippen molar-refractivity contribution in [3.8, 4) is 0 Å². The van der Waals surface area contributed by atoms with Gasteiger partial charge in [-0.3, -0.25) is 4.79 Å². The first-order valence-corrected chi connectivity index (χ1v) is 7.84. The van der Waals surface area contributed by atoms with Gasteiger partial charge in [-0.15, -0.1) is 11.8 Å². The fourth-order valence-corrected chi connectivity index (χ4v) is 2.89. The number of aryl methyl sites for hydroxylation is 1. The largest absolute Gasteiger partial charge is 0.324 e. The molecule has 2 aromatic rings. The number of carbonyl (C=O) groups excluding carboxylic acids is 1. The summed E-state index contributed by atoms with van der Waals surface area (Å²) >= 11 is 13.0. The van der Waals surface area contributed by atoms with Crippen LogP contribution in [0.3, 0.4) is 0 Å². The van der Waals surface area contributed by atoms with Crippen LogP contribution in [0.2, 0.25) is 10.0 Å². The topological polar surface area (TPSA) is 29.1 Å². The molecular formula is C15H12Cl2FNOS. The van der Waals surface area contributed by atoms with Crippen LogP contribution < -0.4 is 5.32 Å². The Morgan fingerprint density at radius 1 is 1.19 bits per heavy atom. The molecule has 0 aliphatic rings. The number of thioether (sulfide) groups is 1. The van der Waals surface area contributed by atoms with Gasteiger partial charge in [0.1, 0.15) is 5.82 Å². The highest BCUT2D eigenvalue weighted by atomic mass is 35.5. The Labute approximate surface area is 136 Å². The molecule has 0 bridgehead atoms. The normalized spacial score (nSPS) is 10.5. The van der Waals surface area contributed by atoms with Crippen molar-refractivity contribution in [3.63, 3.8) is 0 Å². The van der Waals surface area contributed by atoms with Crippen molar-refractivity contribution in [3.05, 3.63) is 57.8 Å². The molecule has 0 saturated carbocycles. The van der Waals surface area contributed by atoms with Gasteiger partial charge in [-0.05, 0) is 42.8 Å². The average Bonchev–Trinajstić information content (AvgIpc) is 2.43. The van der Waals surface area contributed by atoms with Crippen molar-refractivity contribution in [1.29, 1.82) is 0 Å². The highest BCUT2D eigenvalue weighted by Gasteiger charge is 2.08. The van der Waals surface area contributed by atoms with Gasteiger partial charge >= 0.3 is 0 Å². The molecule has 0 atom stereocenters. The van der Waals surface area contributed by atoms with E-state index < -0.39 is 5.82 Å². The van der Waals surface area contributed by atoms with Crippen molar-refractivity contribution in [2.24, 2.45) is 0 Å². The summed E-state index contributed by atoms with van der Waals surface area (Å²) in [6, 6.07) is 9.76. The first-order chi connectivity index (χ1) is 9.95. The van der Waals surface area contributed by atoms with Crippen LogP contribution in [0.15, 0.2) is 41.3 Å². The van der Waals surface area contributed by atoms with Crippen molar-refractivity contribution in [2.75, 3.05) is 11.1 Å². The van der Waals surface area contributed by atoms with Gasteiger partial charge in [-0.25, -0.2) is 4.39 Å². The number of hydrogen-bond acceptors (Lipinski definition) is 2. The molecule has 0 aliphatic carbocycles. The number of rotatable bonds is 4. The summed E-state index contributed by atoms with van der Waals surface area (Å²) in [5, 5.41) is 3.28. The van der Waals surface area contributed by atoms with Gasteiger partial charge in [0, 0.05) is 4.90 Å². The van der Waals surface area contributed by atoms with Gasteiger partial charge in [-0.1, -0.05) is 29.3 Å². The predicted molar refractivity (Wildman–Crippen MR) is 87.0 cm³/mol. The van der Waals surface area contributed by atoms with Gasteiger partial charge < -0.3 is 5.32 Å². The molecule has 1 N–H and O–H groups in total. The van der Waals surface area contributed by atoms with Gasteiger partial charge in [-0.2, -0.15) is 0 Å². The fourth-order valence-electron chi connectivity index (χ4n) is 1.62. The molecule has 0 heterocycles. The van der Waals surface area contributed by atoms with E-state index in [2.05, 4.69) is 5.32 Å². The zero-order valence-electron chi connectivity index (χ0n) is 11.1. The molecule has 0 aromatic heterocycles. The molecule has 6 heteroatoms. The molecule has 0 aliphatic heterocycles. The van der Waals surface area contributed by atoms with E-state index in [0.717, 1.165) is 10.5 Å². The van der Waals surface area contributed by atoms with E-state index in [0.29, 0.717) is 10.7 Å². The third-order valence-corrected chi connectivity index (χ3v) is 4.26. The van der Waals surface area contributed by atoms with Crippen molar-refractivity contribution in [2.45, 2.75) is 11.8 Å². The van der Waals surface area contributed by atoms with E-state index in [1.807, 2.05) is 13.0 Å². The standard InChI is InChI=1S/C15H12Cl2FNOS/c1-9-2-5-14(12(17)6-9)19-15(20)8-21-10-3-4-13(18)11(16)7-10/h2-7H,8H2,1H3,(H,19,20). The maximum atomic E-state index is 13.0. The maximum Gasteiger partial charge on any atom is 0.234 e. The number of benzene rings is 2. The lowest BCUT2D eigenvalue weighted by Crippen LogP contribution is -2.14. The summed E-state index contributed by atoms with van der Waals surface area (Å²) in [4.78, 5) is 12.6. The lowest BCUT2D eigenvalue weighted by molar-refractivity contribution is -0.113. The van der Waals surface area contributed by atoms with Gasteiger partial charge in [0.2, 0.25) is 5.91 Å². The van der Waals surface area contributed by atoms with Gasteiger partial charge in [0.05, 0.1) is 21.5 Å². The highest BCUT2D eigenvalue weighted by Crippen LogP contribution is 2.25. The summed E-state index contributed by atoms with van der Waals surface area (Å²) in [5.74, 6) is -0.477. The van der Waals surface area contributed by atoms with E-state index in [1.54, 1.807) is 18.2 Å². The van der Waals surface area contributed by atoms with E-state index in [9.17, 15) is 9.18 Å². The Morgan fingerprint density at radius 3 is 2.62 bits per heavy atom. The van der Waals surface area contributed by atoms with Gasteiger partial charge in [0.25, 0.3) is 0 Å². The molecule has 2 rings (SSSR count). The van der Waals surface area contributed by atoms with Crippen LogP contribution in [-0.4, -0.2) is 11.7 Å². The van der Waals surface area contributed by atoms with Crippen LogP contribution in [-0.2, 0) is 4.79 Å². The zero-order valence-corrected chi connectivity index (χ0v) is 13.4. The predicted octanol–water partition coefficient (Wildman–Crippen LogP) is 5.17. The first kappa shape index (κ1) is 16.1. The van der Waals surface area contributed by atoms with Crippen LogP contribution in [0.4, 0.5) is 10.1 Å². The minimum absolute atomic E-state index is 0.0435. The number of nitrogens with one attached hydrogen (secondary N) is 1. The summed E-state index contributed by atoms with van der Waals surface area (Å²) in [6.45, 7) is 1.92. The summed E-state index contributed by atoms with van der Waals surface area (Å²) < 4.78 is 13.0. The minimum Gasteiger partial charge on any atom is -0.324 e. The second-order valence-corrected chi connectivity index (χ2v) is 6.26. The quantitative estimate of drug-likeness (QED) is 0.775. The number of anilines is 1. The Hall–Kier alpha value is -1.23. The number of hydrogen-bond donors (Lipinski definition) is 1. The molecule has 0 fully saturated rings. The summed E-state index contributed by atoms with van der Waals surface area (Å²) in [5.41, 5.74) is 1.60. The molecule has 0 saturated heterocycles. The van der Waals surface area contributed by atoms with E-state index in [-0.39, 0.29) is 16.7 Å². The number of carbonyl (C=O) groups is 1. The Kier molecular flexibility index (Phi) is 5.51. The van der Waals surface area contributed by atoms with Crippen LogP contribution in [0.1, 0.15) is 5.56 Å². The molecule has 0 unspecified atom stereocenters. The lowest BCUT2D eigenvalue weighted by Gasteiger charge is -2.08. The Balaban J connectivity index is 1.94. The van der Waals surface area contributed by atoms with E-state index in [1.165, 1.54) is 23.9 Å². The fraction of sp³-hybridized carbons (Fsp3) is 0.133. The van der Waals surface area contributed by atoms with E-state index in [4.69, 9.17) is 23.2 Å².